The minimum Gasteiger partial charge on any atom is -0.490 e. The fourth-order valence-electron chi connectivity index (χ4n) is 3.39. The van der Waals surface area contributed by atoms with Crippen LogP contribution in [0.15, 0.2) is 24.3 Å². The molecule has 0 bridgehead atoms. The molecule has 0 saturated heterocycles. The molecule has 2 heteroatoms. The van der Waals surface area contributed by atoms with Gasteiger partial charge in [-0.2, -0.15) is 0 Å². The summed E-state index contributed by atoms with van der Waals surface area (Å²) in [7, 11) is 0. The van der Waals surface area contributed by atoms with E-state index >= 15 is 0 Å². The molecule has 18 heavy (non-hydrogen) atoms. The lowest BCUT2D eigenvalue weighted by Crippen LogP contribution is -2.32. The number of rotatable bonds is 1. The standard InChI is InChI=1S/C16H22O2/c17-14-11-16(12-7-3-1-2-4-8-12)18-15-10-6-5-9-13(14)15/h5-6,9-10,12,14,16-17H,1-4,7-8,11H2/t14-,16?/m1/s1. The molecule has 0 aromatic heterocycles. The first kappa shape index (κ1) is 12.0. The van der Waals surface area contributed by atoms with Crippen LogP contribution in [0.2, 0.25) is 0 Å². The highest BCUT2D eigenvalue weighted by Crippen LogP contribution is 2.39. The van der Waals surface area contributed by atoms with Gasteiger partial charge in [0, 0.05) is 12.0 Å². The van der Waals surface area contributed by atoms with Crippen LogP contribution in [0.4, 0.5) is 0 Å². The minimum atomic E-state index is -0.344. The number of para-hydroxylation sites is 1. The van der Waals surface area contributed by atoms with Crippen molar-refractivity contribution in [1.29, 1.82) is 0 Å². The van der Waals surface area contributed by atoms with Gasteiger partial charge in [-0.05, 0) is 24.8 Å². The second-order valence-electron chi connectivity index (χ2n) is 5.70. The molecule has 0 amide bonds. The van der Waals surface area contributed by atoms with E-state index in [0.717, 1.165) is 17.7 Å². The lowest BCUT2D eigenvalue weighted by atomic mass is 9.87. The van der Waals surface area contributed by atoms with Crippen molar-refractivity contribution in [3.05, 3.63) is 29.8 Å². The Morgan fingerprint density at radius 1 is 1.00 bits per heavy atom. The van der Waals surface area contributed by atoms with Crippen LogP contribution in [-0.2, 0) is 0 Å². The molecule has 1 saturated carbocycles. The van der Waals surface area contributed by atoms with Crippen LogP contribution in [-0.4, -0.2) is 11.2 Å². The topological polar surface area (TPSA) is 29.5 Å². The number of hydrogen-bond donors (Lipinski definition) is 1. The van der Waals surface area contributed by atoms with Gasteiger partial charge in [-0.3, -0.25) is 0 Å². The third-order valence-corrected chi connectivity index (χ3v) is 4.44. The van der Waals surface area contributed by atoms with Crippen molar-refractivity contribution in [2.24, 2.45) is 5.92 Å². The van der Waals surface area contributed by atoms with E-state index in [4.69, 9.17) is 4.74 Å². The summed E-state index contributed by atoms with van der Waals surface area (Å²) in [6.07, 6.45) is 8.53. The Morgan fingerprint density at radius 2 is 1.72 bits per heavy atom. The molecule has 1 fully saturated rings. The first-order chi connectivity index (χ1) is 8.84. The second kappa shape index (κ2) is 5.31. The zero-order chi connectivity index (χ0) is 12.4. The third-order valence-electron chi connectivity index (χ3n) is 4.44. The molecule has 0 radical (unpaired) electrons. The molecule has 1 N–H and O–H groups in total. The summed E-state index contributed by atoms with van der Waals surface area (Å²) in [5.74, 6) is 1.53. The summed E-state index contributed by atoms with van der Waals surface area (Å²) in [6.45, 7) is 0. The van der Waals surface area contributed by atoms with Crippen molar-refractivity contribution >= 4 is 0 Å². The second-order valence-corrected chi connectivity index (χ2v) is 5.70. The van der Waals surface area contributed by atoms with E-state index < -0.39 is 0 Å². The predicted molar refractivity (Wildman–Crippen MR) is 71.6 cm³/mol. The van der Waals surface area contributed by atoms with E-state index in [0.29, 0.717) is 5.92 Å². The van der Waals surface area contributed by atoms with Crippen LogP contribution >= 0.6 is 0 Å². The van der Waals surface area contributed by atoms with Gasteiger partial charge < -0.3 is 9.84 Å². The van der Waals surface area contributed by atoms with Crippen molar-refractivity contribution in [2.75, 3.05) is 0 Å². The van der Waals surface area contributed by atoms with Crippen LogP contribution < -0.4 is 4.74 Å². The first-order valence-electron chi connectivity index (χ1n) is 7.28. The quantitative estimate of drug-likeness (QED) is 0.763. The number of fused-ring (bicyclic) bond motifs is 1. The molecule has 1 aromatic rings. The van der Waals surface area contributed by atoms with Gasteiger partial charge in [0.2, 0.25) is 0 Å². The van der Waals surface area contributed by atoms with Crippen LogP contribution in [0.1, 0.15) is 56.6 Å². The van der Waals surface area contributed by atoms with Gasteiger partial charge in [0.05, 0.1) is 6.10 Å². The molecule has 2 aliphatic rings. The Labute approximate surface area is 109 Å². The average Bonchev–Trinajstić information content (AvgIpc) is 2.67. The van der Waals surface area contributed by atoms with Crippen LogP contribution in [0.25, 0.3) is 0 Å². The van der Waals surface area contributed by atoms with Crippen molar-refractivity contribution in [1.82, 2.24) is 0 Å². The fraction of sp³-hybridized carbons (Fsp3) is 0.625. The number of hydrogen-bond acceptors (Lipinski definition) is 2. The number of benzene rings is 1. The third kappa shape index (κ3) is 2.39. The Balaban J connectivity index is 1.76. The Hall–Kier alpha value is -1.02. The lowest BCUT2D eigenvalue weighted by Gasteiger charge is -2.34. The summed E-state index contributed by atoms with van der Waals surface area (Å²) in [5, 5.41) is 10.3. The smallest absolute Gasteiger partial charge is 0.125 e. The largest absolute Gasteiger partial charge is 0.490 e. The molecule has 1 aliphatic carbocycles. The normalized spacial score (nSPS) is 29.2. The molecule has 3 rings (SSSR count). The van der Waals surface area contributed by atoms with Gasteiger partial charge in [-0.25, -0.2) is 0 Å². The molecular formula is C16H22O2. The zero-order valence-electron chi connectivity index (χ0n) is 10.8. The van der Waals surface area contributed by atoms with E-state index in [1.54, 1.807) is 0 Å². The van der Waals surface area contributed by atoms with Crippen molar-refractivity contribution < 1.29 is 9.84 Å². The van der Waals surface area contributed by atoms with Gasteiger partial charge in [0.15, 0.2) is 0 Å². The minimum absolute atomic E-state index is 0.216. The molecule has 2 atom stereocenters. The van der Waals surface area contributed by atoms with E-state index in [2.05, 4.69) is 0 Å². The zero-order valence-corrected chi connectivity index (χ0v) is 10.8. The van der Waals surface area contributed by atoms with E-state index in [1.807, 2.05) is 24.3 Å². The van der Waals surface area contributed by atoms with E-state index in [1.165, 1.54) is 38.5 Å². The summed E-state index contributed by atoms with van der Waals surface area (Å²) in [4.78, 5) is 0. The highest BCUT2D eigenvalue weighted by atomic mass is 16.5. The molecule has 98 valence electrons. The molecule has 1 aliphatic heterocycles. The summed E-state index contributed by atoms with van der Waals surface area (Å²) in [6, 6.07) is 7.92. The maximum absolute atomic E-state index is 10.3. The maximum atomic E-state index is 10.3. The van der Waals surface area contributed by atoms with Crippen molar-refractivity contribution in [3.63, 3.8) is 0 Å². The van der Waals surface area contributed by atoms with Crippen molar-refractivity contribution in [2.45, 2.75) is 57.2 Å². The van der Waals surface area contributed by atoms with Gasteiger partial charge in [0.25, 0.3) is 0 Å². The molecule has 1 heterocycles. The van der Waals surface area contributed by atoms with Gasteiger partial charge in [-0.15, -0.1) is 0 Å². The number of aliphatic hydroxyl groups excluding tert-OH is 1. The van der Waals surface area contributed by atoms with Gasteiger partial charge in [-0.1, -0.05) is 43.9 Å². The van der Waals surface area contributed by atoms with Crippen LogP contribution in [0, 0.1) is 5.92 Å². The van der Waals surface area contributed by atoms with E-state index in [9.17, 15) is 5.11 Å². The van der Waals surface area contributed by atoms with Crippen molar-refractivity contribution in [3.8, 4) is 5.75 Å². The Bertz CT molecular complexity index is 394. The lowest BCUT2D eigenvalue weighted by molar-refractivity contribution is 0.0297. The fourth-order valence-corrected chi connectivity index (χ4v) is 3.39. The highest BCUT2D eigenvalue weighted by molar-refractivity contribution is 5.37. The Kier molecular flexibility index (Phi) is 3.55. The Morgan fingerprint density at radius 3 is 2.50 bits per heavy atom. The van der Waals surface area contributed by atoms with Crippen LogP contribution in [0.5, 0.6) is 5.75 Å². The SMILES string of the molecule is O[C@@H]1CC(C2CCCCCC2)Oc2ccccc21. The summed E-state index contributed by atoms with van der Waals surface area (Å²) < 4.78 is 6.14. The molecular weight excluding hydrogens is 224 g/mol. The highest BCUT2D eigenvalue weighted by Gasteiger charge is 2.32. The summed E-state index contributed by atoms with van der Waals surface area (Å²) in [5.41, 5.74) is 0.961. The predicted octanol–water partition coefficient (Wildman–Crippen LogP) is 3.84. The molecule has 2 nitrogen and oxygen atoms in total. The average molecular weight is 246 g/mol. The molecule has 1 unspecified atom stereocenters. The number of ether oxygens (including phenoxy) is 1. The van der Waals surface area contributed by atoms with Crippen LogP contribution in [0.3, 0.4) is 0 Å². The van der Waals surface area contributed by atoms with Gasteiger partial charge >= 0.3 is 0 Å². The van der Waals surface area contributed by atoms with E-state index in [-0.39, 0.29) is 12.2 Å². The molecule has 1 aromatic carbocycles. The van der Waals surface area contributed by atoms with Gasteiger partial charge in [0.1, 0.15) is 11.9 Å². The molecule has 0 spiro atoms. The number of aliphatic hydroxyl groups is 1. The maximum Gasteiger partial charge on any atom is 0.125 e. The first-order valence-corrected chi connectivity index (χ1v) is 7.28. The summed E-state index contributed by atoms with van der Waals surface area (Å²) >= 11 is 0. The monoisotopic (exact) mass is 246 g/mol.